The SMILES string of the molecule is Oc1ccccc1C(CCCCBr)CSCC(CCCCBr)c1ccccc1O. The van der Waals surface area contributed by atoms with Crippen LogP contribution in [0, 0.1) is 0 Å². The molecule has 0 bridgehead atoms. The quantitative estimate of drug-likeness (QED) is 0.188. The fourth-order valence-electron chi connectivity index (χ4n) is 3.65. The molecule has 0 aromatic heterocycles. The lowest BCUT2D eigenvalue weighted by atomic mass is 9.94. The highest BCUT2D eigenvalue weighted by Crippen LogP contribution is 2.36. The van der Waals surface area contributed by atoms with Crippen molar-refractivity contribution < 1.29 is 10.2 Å². The number of aromatic hydroxyl groups is 2. The summed E-state index contributed by atoms with van der Waals surface area (Å²) in [6, 6.07) is 15.5. The molecule has 0 aliphatic heterocycles. The van der Waals surface area contributed by atoms with Gasteiger partial charge in [-0.2, -0.15) is 11.8 Å². The standard InChI is InChI=1S/C24H32Br2O2S/c25-15-7-5-9-19(21-11-1-3-13-23(21)27)17-29-18-20(10-6-8-16-26)22-12-2-4-14-24(22)28/h1-4,11-14,19-20,27-28H,5-10,15-18H2. The van der Waals surface area contributed by atoms with Crippen LogP contribution in [0.4, 0.5) is 0 Å². The number of phenols is 2. The van der Waals surface area contributed by atoms with Crippen LogP contribution < -0.4 is 0 Å². The van der Waals surface area contributed by atoms with E-state index < -0.39 is 0 Å². The second-order valence-corrected chi connectivity index (χ2v) is 10.1. The summed E-state index contributed by atoms with van der Waals surface area (Å²) in [7, 11) is 0. The number of hydrogen-bond donors (Lipinski definition) is 2. The molecule has 0 amide bonds. The van der Waals surface area contributed by atoms with Gasteiger partial charge >= 0.3 is 0 Å². The molecule has 0 saturated carbocycles. The first-order chi connectivity index (χ1) is 14.2. The first-order valence-corrected chi connectivity index (χ1v) is 13.8. The highest BCUT2D eigenvalue weighted by Gasteiger charge is 2.19. The predicted octanol–water partition coefficient (Wildman–Crippen LogP) is 7.83. The van der Waals surface area contributed by atoms with Gasteiger partial charge in [-0.15, -0.1) is 0 Å². The van der Waals surface area contributed by atoms with Crippen molar-refractivity contribution in [3.63, 3.8) is 0 Å². The smallest absolute Gasteiger partial charge is 0.119 e. The van der Waals surface area contributed by atoms with Crippen LogP contribution in [0.2, 0.25) is 0 Å². The fraction of sp³-hybridized carbons (Fsp3) is 0.500. The second-order valence-electron chi connectivity index (χ2n) is 7.42. The third-order valence-corrected chi connectivity index (χ3v) is 7.66. The summed E-state index contributed by atoms with van der Waals surface area (Å²) < 4.78 is 0. The number of phenolic OH excluding ortho intramolecular Hbond substituents is 2. The Morgan fingerprint density at radius 1 is 0.655 bits per heavy atom. The van der Waals surface area contributed by atoms with E-state index in [4.69, 9.17) is 0 Å². The zero-order valence-corrected chi connectivity index (χ0v) is 20.9. The molecule has 0 spiro atoms. The van der Waals surface area contributed by atoms with Gasteiger partial charge < -0.3 is 10.2 Å². The molecular formula is C24H32Br2O2S. The maximum absolute atomic E-state index is 10.3. The lowest BCUT2D eigenvalue weighted by Gasteiger charge is -2.22. The minimum Gasteiger partial charge on any atom is -0.508 e. The molecule has 2 aromatic carbocycles. The van der Waals surface area contributed by atoms with Crippen molar-refractivity contribution in [1.29, 1.82) is 0 Å². The van der Waals surface area contributed by atoms with Crippen molar-refractivity contribution in [2.45, 2.75) is 50.4 Å². The van der Waals surface area contributed by atoms with E-state index in [1.807, 2.05) is 36.0 Å². The topological polar surface area (TPSA) is 40.5 Å². The van der Waals surface area contributed by atoms with Gasteiger partial charge in [-0.05, 0) is 60.8 Å². The van der Waals surface area contributed by atoms with Gasteiger partial charge in [-0.1, -0.05) is 81.1 Å². The number of unbranched alkanes of at least 4 members (excludes halogenated alkanes) is 2. The van der Waals surface area contributed by atoms with Gasteiger partial charge in [0, 0.05) is 22.2 Å². The Morgan fingerprint density at radius 3 is 1.45 bits per heavy atom. The number of benzene rings is 2. The van der Waals surface area contributed by atoms with E-state index in [-0.39, 0.29) is 0 Å². The van der Waals surface area contributed by atoms with E-state index in [9.17, 15) is 10.2 Å². The van der Waals surface area contributed by atoms with Crippen molar-refractivity contribution in [1.82, 2.24) is 0 Å². The van der Waals surface area contributed by atoms with Gasteiger partial charge in [0.2, 0.25) is 0 Å². The number of alkyl halides is 2. The largest absolute Gasteiger partial charge is 0.508 e. The van der Waals surface area contributed by atoms with E-state index >= 15 is 0 Å². The average molecular weight is 544 g/mol. The van der Waals surface area contributed by atoms with Gasteiger partial charge in [0.1, 0.15) is 11.5 Å². The molecule has 0 aliphatic carbocycles. The first-order valence-electron chi connectivity index (χ1n) is 10.4. The molecule has 0 fully saturated rings. The molecule has 2 N–H and O–H groups in total. The molecule has 2 aromatic rings. The summed E-state index contributed by atoms with van der Waals surface area (Å²) in [5.41, 5.74) is 2.13. The Morgan fingerprint density at radius 2 is 1.07 bits per heavy atom. The maximum atomic E-state index is 10.3. The van der Waals surface area contributed by atoms with Crippen LogP contribution in [-0.2, 0) is 0 Å². The number of para-hydroxylation sites is 2. The minimum atomic E-state index is 0.354. The van der Waals surface area contributed by atoms with Crippen molar-refractivity contribution in [2.24, 2.45) is 0 Å². The fourth-order valence-corrected chi connectivity index (χ4v) is 5.84. The molecule has 0 aliphatic rings. The third-order valence-electron chi connectivity index (χ3n) is 5.26. The van der Waals surface area contributed by atoms with Crippen LogP contribution in [0.15, 0.2) is 48.5 Å². The van der Waals surface area contributed by atoms with E-state index in [2.05, 4.69) is 44.0 Å². The van der Waals surface area contributed by atoms with Gasteiger partial charge in [0.05, 0.1) is 0 Å². The minimum absolute atomic E-state index is 0.354. The molecule has 2 unspecified atom stereocenters. The molecule has 160 valence electrons. The zero-order valence-electron chi connectivity index (χ0n) is 16.9. The first kappa shape index (κ1) is 24.6. The monoisotopic (exact) mass is 542 g/mol. The molecule has 29 heavy (non-hydrogen) atoms. The Bertz CT molecular complexity index is 651. The van der Waals surface area contributed by atoms with Crippen molar-refractivity contribution in [2.75, 3.05) is 22.2 Å². The Balaban J connectivity index is 2.03. The molecule has 0 saturated heterocycles. The number of halogens is 2. The molecule has 2 nitrogen and oxygen atoms in total. The van der Waals surface area contributed by atoms with Crippen molar-refractivity contribution >= 4 is 43.6 Å². The molecular weight excluding hydrogens is 512 g/mol. The zero-order chi connectivity index (χ0) is 20.9. The van der Waals surface area contributed by atoms with Crippen molar-refractivity contribution in [3.8, 4) is 11.5 Å². The molecule has 2 rings (SSSR count). The van der Waals surface area contributed by atoms with E-state index in [1.165, 1.54) is 0 Å². The number of hydrogen-bond acceptors (Lipinski definition) is 3. The van der Waals surface area contributed by atoms with Gasteiger partial charge in [-0.25, -0.2) is 0 Å². The summed E-state index contributed by atoms with van der Waals surface area (Å²) >= 11 is 8.99. The Kier molecular flexibility index (Phi) is 12.2. The molecule has 5 heteroatoms. The molecule has 0 radical (unpaired) electrons. The average Bonchev–Trinajstić information content (AvgIpc) is 2.73. The lowest BCUT2D eigenvalue weighted by Crippen LogP contribution is -2.08. The third kappa shape index (κ3) is 8.55. The molecule has 2 atom stereocenters. The number of rotatable bonds is 14. The normalized spacial score (nSPS) is 13.3. The highest BCUT2D eigenvalue weighted by molar-refractivity contribution is 9.09. The van der Waals surface area contributed by atoms with E-state index in [1.54, 1.807) is 12.1 Å². The Hall–Kier alpha value is -0.650. The summed E-state index contributed by atoms with van der Waals surface area (Å²) in [5.74, 6) is 3.50. The van der Waals surface area contributed by atoms with Gasteiger partial charge in [-0.3, -0.25) is 0 Å². The molecule has 0 heterocycles. The summed E-state index contributed by atoms with van der Waals surface area (Å²) in [4.78, 5) is 0. The second kappa shape index (κ2) is 14.4. The van der Waals surface area contributed by atoms with Crippen LogP contribution in [0.25, 0.3) is 0 Å². The van der Waals surface area contributed by atoms with E-state index in [0.717, 1.165) is 71.8 Å². The number of thioether (sulfide) groups is 1. The van der Waals surface area contributed by atoms with Crippen LogP contribution in [0.1, 0.15) is 61.5 Å². The summed E-state index contributed by atoms with van der Waals surface area (Å²) in [6.07, 6.45) is 6.78. The predicted molar refractivity (Wildman–Crippen MR) is 134 cm³/mol. The summed E-state index contributed by atoms with van der Waals surface area (Å²) in [6.45, 7) is 0. The van der Waals surface area contributed by atoms with Crippen LogP contribution >= 0.6 is 43.6 Å². The Labute approximate surface area is 196 Å². The summed E-state index contributed by atoms with van der Waals surface area (Å²) in [5, 5.41) is 22.7. The highest BCUT2D eigenvalue weighted by atomic mass is 79.9. The van der Waals surface area contributed by atoms with Crippen LogP contribution in [0.5, 0.6) is 11.5 Å². The van der Waals surface area contributed by atoms with Crippen LogP contribution in [-0.4, -0.2) is 32.4 Å². The van der Waals surface area contributed by atoms with E-state index in [0.29, 0.717) is 23.3 Å². The maximum Gasteiger partial charge on any atom is 0.119 e. The lowest BCUT2D eigenvalue weighted by molar-refractivity contribution is 0.459. The van der Waals surface area contributed by atoms with Crippen molar-refractivity contribution in [3.05, 3.63) is 59.7 Å². The van der Waals surface area contributed by atoms with Gasteiger partial charge in [0.25, 0.3) is 0 Å². The van der Waals surface area contributed by atoms with Crippen LogP contribution in [0.3, 0.4) is 0 Å². The van der Waals surface area contributed by atoms with Gasteiger partial charge in [0.15, 0.2) is 0 Å².